The zero-order valence-corrected chi connectivity index (χ0v) is 15.4. The Labute approximate surface area is 160 Å². The van der Waals surface area contributed by atoms with Gasteiger partial charge in [-0.2, -0.15) is 0 Å². The molecule has 140 valence electrons. The predicted molar refractivity (Wildman–Crippen MR) is 97.7 cm³/mol. The van der Waals surface area contributed by atoms with Gasteiger partial charge in [-0.15, -0.1) is 11.3 Å². The second-order valence-corrected chi connectivity index (χ2v) is 7.38. The van der Waals surface area contributed by atoms with E-state index in [4.69, 9.17) is 8.83 Å². The van der Waals surface area contributed by atoms with E-state index in [1.807, 2.05) is 6.07 Å². The molecule has 7 nitrogen and oxygen atoms in total. The quantitative estimate of drug-likeness (QED) is 0.643. The van der Waals surface area contributed by atoms with Crippen LogP contribution in [0.2, 0.25) is 0 Å². The van der Waals surface area contributed by atoms with Crippen molar-refractivity contribution in [2.45, 2.75) is 32.5 Å². The third kappa shape index (κ3) is 4.46. The number of furan rings is 2. The van der Waals surface area contributed by atoms with Crippen LogP contribution in [-0.2, 0) is 24.4 Å². The molecular weight excluding hydrogens is 366 g/mol. The van der Waals surface area contributed by atoms with Gasteiger partial charge in [0.1, 0.15) is 22.2 Å². The van der Waals surface area contributed by atoms with E-state index in [0.717, 1.165) is 23.6 Å². The van der Waals surface area contributed by atoms with Gasteiger partial charge < -0.3 is 19.1 Å². The first-order valence-corrected chi connectivity index (χ1v) is 9.63. The SMILES string of the molecule is O=C(NCc1ccco1)c1csc(CN(Cc2ccco2)C(=O)C2CC2)n1. The summed E-state index contributed by atoms with van der Waals surface area (Å²) < 4.78 is 10.6. The highest BCUT2D eigenvalue weighted by molar-refractivity contribution is 7.09. The van der Waals surface area contributed by atoms with Crippen LogP contribution < -0.4 is 5.32 Å². The van der Waals surface area contributed by atoms with E-state index in [-0.39, 0.29) is 17.7 Å². The smallest absolute Gasteiger partial charge is 0.271 e. The highest BCUT2D eigenvalue weighted by Crippen LogP contribution is 2.32. The van der Waals surface area contributed by atoms with Crippen molar-refractivity contribution in [2.24, 2.45) is 5.92 Å². The lowest BCUT2D eigenvalue weighted by molar-refractivity contribution is -0.134. The number of aromatic nitrogens is 1. The molecule has 3 aromatic heterocycles. The maximum Gasteiger partial charge on any atom is 0.271 e. The third-order valence-electron chi connectivity index (χ3n) is 4.28. The molecule has 0 aliphatic heterocycles. The van der Waals surface area contributed by atoms with Crippen molar-refractivity contribution in [2.75, 3.05) is 0 Å². The van der Waals surface area contributed by atoms with Gasteiger partial charge in [0.15, 0.2) is 0 Å². The van der Waals surface area contributed by atoms with Crippen molar-refractivity contribution in [3.05, 3.63) is 64.4 Å². The van der Waals surface area contributed by atoms with Crippen LogP contribution in [0.3, 0.4) is 0 Å². The maximum absolute atomic E-state index is 12.6. The monoisotopic (exact) mass is 385 g/mol. The van der Waals surface area contributed by atoms with Crippen LogP contribution in [0.4, 0.5) is 0 Å². The number of hydrogen-bond acceptors (Lipinski definition) is 6. The molecule has 1 fully saturated rings. The van der Waals surface area contributed by atoms with Crippen LogP contribution in [-0.4, -0.2) is 21.7 Å². The molecule has 4 rings (SSSR count). The standard InChI is InChI=1S/C19H19N3O4S/c23-18(20-9-14-3-1-7-25-14)16-12-27-17(21-16)11-22(19(24)13-5-6-13)10-15-4-2-8-26-15/h1-4,7-8,12-13H,5-6,9-11H2,(H,20,23). The van der Waals surface area contributed by atoms with E-state index in [2.05, 4.69) is 10.3 Å². The van der Waals surface area contributed by atoms with Crippen molar-refractivity contribution in [3.8, 4) is 0 Å². The number of thiazole rings is 1. The number of rotatable bonds is 8. The highest BCUT2D eigenvalue weighted by atomic mass is 32.1. The lowest BCUT2D eigenvalue weighted by Crippen LogP contribution is -2.31. The van der Waals surface area contributed by atoms with E-state index in [1.54, 1.807) is 41.0 Å². The molecule has 3 heterocycles. The molecule has 0 unspecified atom stereocenters. The first-order valence-electron chi connectivity index (χ1n) is 8.75. The van der Waals surface area contributed by atoms with Gasteiger partial charge in [-0.25, -0.2) is 4.98 Å². The first-order chi connectivity index (χ1) is 13.2. The number of carbonyl (C=O) groups is 2. The minimum absolute atomic E-state index is 0.107. The fourth-order valence-corrected chi connectivity index (χ4v) is 3.50. The molecule has 0 atom stereocenters. The minimum Gasteiger partial charge on any atom is -0.467 e. The molecule has 1 saturated carbocycles. The van der Waals surface area contributed by atoms with E-state index in [1.165, 1.54) is 11.3 Å². The van der Waals surface area contributed by atoms with Crippen LogP contribution in [0.25, 0.3) is 0 Å². The summed E-state index contributed by atoms with van der Waals surface area (Å²) >= 11 is 1.37. The molecule has 1 N–H and O–H groups in total. The van der Waals surface area contributed by atoms with E-state index in [9.17, 15) is 9.59 Å². The normalized spacial score (nSPS) is 13.5. The average Bonchev–Trinajstić information content (AvgIpc) is 3.10. The summed E-state index contributed by atoms with van der Waals surface area (Å²) in [6, 6.07) is 7.22. The Balaban J connectivity index is 1.39. The lowest BCUT2D eigenvalue weighted by atomic mass is 10.3. The van der Waals surface area contributed by atoms with E-state index in [0.29, 0.717) is 31.1 Å². The van der Waals surface area contributed by atoms with Crippen LogP contribution in [0, 0.1) is 5.92 Å². The first kappa shape index (κ1) is 17.5. The molecule has 0 aromatic carbocycles. The number of amides is 2. The second kappa shape index (κ2) is 7.79. The zero-order chi connectivity index (χ0) is 18.6. The van der Waals surface area contributed by atoms with Gasteiger partial charge in [0, 0.05) is 11.3 Å². The van der Waals surface area contributed by atoms with E-state index < -0.39 is 0 Å². The highest BCUT2D eigenvalue weighted by Gasteiger charge is 2.34. The van der Waals surface area contributed by atoms with Gasteiger partial charge in [0.05, 0.1) is 32.2 Å². The topological polar surface area (TPSA) is 88.6 Å². The Bertz CT molecular complexity index is 897. The van der Waals surface area contributed by atoms with Gasteiger partial charge in [-0.3, -0.25) is 9.59 Å². The number of nitrogens with zero attached hydrogens (tertiary/aromatic N) is 2. The molecule has 0 radical (unpaired) electrons. The summed E-state index contributed by atoms with van der Waals surface area (Å²) in [6.07, 6.45) is 5.03. The number of carbonyl (C=O) groups excluding carboxylic acids is 2. The summed E-state index contributed by atoms with van der Waals surface area (Å²) in [5.41, 5.74) is 0.346. The Morgan fingerprint density at radius 2 is 1.89 bits per heavy atom. The molecule has 1 aliphatic rings. The molecule has 8 heteroatoms. The summed E-state index contributed by atoms with van der Waals surface area (Å²) in [6.45, 7) is 1.08. The summed E-state index contributed by atoms with van der Waals surface area (Å²) in [7, 11) is 0. The maximum atomic E-state index is 12.6. The van der Waals surface area contributed by atoms with Crippen molar-refractivity contribution in [1.82, 2.24) is 15.2 Å². The van der Waals surface area contributed by atoms with Gasteiger partial charge in [-0.05, 0) is 37.1 Å². The van der Waals surface area contributed by atoms with Gasteiger partial charge in [0.25, 0.3) is 5.91 Å². The predicted octanol–water partition coefficient (Wildman–Crippen LogP) is 3.20. The van der Waals surface area contributed by atoms with Gasteiger partial charge >= 0.3 is 0 Å². The Morgan fingerprint density at radius 3 is 2.56 bits per heavy atom. The largest absolute Gasteiger partial charge is 0.467 e. The molecule has 0 saturated heterocycles. The second-order valence-electron chi connectivity index (χ2n) is 6.44. The van der Waals surface area contributed by atoms with Crippen LogP contribution >= 0.6 is 11.3 Å². The van der Waals surface area contributed by atoms with Crippen molar-refractivity contribution < 1.29 is 18.4 Å². The summed E-state index contributed by atoms with van der Waals surface area (Å²) in [4.78, 5) is 31.0. The average molecular weight is 385 g/mol. The van der Waals surface area contributed by atoms with E-state index >= 15 is 0 Å². The molecule has 0 bridgehead atoms. The van der Waals surface area contributed by atoms with Crippen molar-refractivity contribution in [1.29, 1.82) is 0 Å². The molecule has 3 aromatic rings. The van der Waals surface area contributed by atoms with Crippen molar-refractivity contribution in [3.63, 3.8) is 0 Å². The minimum atomic E-state index is -0.264. The zero-order valence-electron chi connectivity index (χ0n) is 14.6. The molecule has 2 amide bonds. The van der Waals surface area contributed by atoms with Crippen LogP contribution in [0.1, 0.15) is 39.9 Å². The summed E-state index contributed by atoms with van der Waals surface area (Å²) in [5.74, 6) is 1.37. The van der Waals surface area contributed by atoms with Gasteiger partial charge in [-0.1, -0.05) is 0 Å². The molecule has 1 aliphatic carbocycles. The van der Waals surface area contributed by atoms with Gasteiger partial charge in [0.2, 0.25) is 5.91 Å². The fourth-order valence-electron chi connectivity index (χ4n) is 2.71. The van der Waals surface area contributed by atoms with Crippen LogP contribution in [0.5, 0.6) is 0 Å². The third-order valence-corrected chi connectivity index (χ3v) is 5.11. The van der Waals surface area contributed by atoms with Crippen molar-refractivity contribution >= 4 is 23.2 Å². The molecule has 27 heavy (non-hydrogen) atoms. The molecule has 0 spiro atoms. The lowest BCUT2D eigenvalue weighted by Gasteiger charge is -2.20. The number of nitrogens with one attached hydrogen (secondary N) is 1. The number of hydrogen-bond donors (Lipinski definition) is 1. The van der Waals surface area contributed by atoms with Crippen LogP contribution in [0.15, 0.2) is 51.0 Å². The Morgan fingerprint density at radius 1 is 1.15 bits per heavy atom. The summed E-state index contributed by atoms with van der Waals surface area (Å²) in [5, 5.41) is 5.20. The molecular formula is C19H19N3O4S. The Hall–Kier alpha value is -2.87. The fraction of sp³-hybridized carbons (Fsp3) is 0.316. The Kier molecular flexibility index (Phi) is 5.06.